The van der Waals surface area contributed by atoms with Gasteiger partial charge in [-0.05, 0) is 26.7 Å². The van der Waals surface area contributed by atoms with E-state index in [-0.39, 0.29) is 0 Å². The van der Waals surface area contributed by atoms with Crippen LogP contribution in [0.25, 0.3) is 0 Å². The van der Waals surface area contributed by atoms with Gasteiger partial charge < -0.3 is 0 Å². The summed E-state index contributed by atoms with van der Waals surface area (Å²) in [6.45, 7) is 4.71. The van der Waals surface area contributed by atoms with Gasteiger partial charge in [0.25, 0.3) is 0 Å². The van der Waals surface area contributed by atoms with E-state index >= 15 is 0 Å². The number of aryl methyl sites for hydroxylation is 2. The normalized spacial score (nSPS) is 10.8. The fourth-order valence-corrected chi connectivity index (χ4v) is 2.26. The van der Waals surface area contributed by atoms with Crippen LogP contribution in [0.1, 0.15) is 37.6 Å². The molecule has 96 valence electrons. The van der Waals surface area contributed by atoms with Crippen molar-refractivity contribution >= 4 is 33.3 Å². The van der Waals surface area contributed by atoms with Crippen LogP contribution in [0.2, 0.25) is 5.02 Å². The molecule has 1 aromatic rings. The third kappa shape index (κ3) is 4.11. The SMILES string of the molecule is CCn1nc(C)c(Cl)c1CCC(=O)CCCBr. The lowest BCUT2D eigenvalue weighted by Crippen LogP contribution is -2.06. The first-order valence-corrected chi connectivity index (χ1v) is 7.39. The Hall–Kier alpha value is -0.350. The monoisotopic (exact) mass is 320 g/mol. The number of rotatable bonds is 7. The van der Waals surface area contributed by atoms with Crippen LogP contribution in [0, 0.1) is 6.92 Å². The molecule has 1 aromatic heterocycles. The van der Waals surface area contributed by atoms with E-state index in [1.54, 1.807) is 0 Å². The molecule has 0 spiro atoms. The number of ketones is 1. The first-order chi connectivity index (χ1) is 8.10. The maximum Gasteiger partial charge on any atom is 0.133 e. The molecule has 0 aliphatic carbocycles. The molecule has 0 atom stereocenters. The summed E-state index contributed by atoms with van der Waals surface area (Å²) in [5.74, 6) is 0.294. The second-order valence-corrected chi connectivity index (χ2v) is 5.16. The number of Topliss-reactive ketones (excluding diaryl/α,β-unsaturated/α-hetero) is 1. The van der Waals surface area contributed by atoms with Crippen molar-refractivity contribution in [2.24, 2.45) is 0 Å². The van der Waals surface area contributed by atoms with Gasteiger partial charge in [0.05, 0.1) is 16.4 Å². The van der Waals surface area contributed by atoms with Crippen LogP contribution in [0.15, 0.2) is 0 Å². The van der Waals surface area contributed by atoms with Crippen molar-refractivity contribution in [2.75, 3.05) is 5.33 Å². The maximum absolute atomic E-state index is 11.6. The van der Waals surface area contributed by atoms with Crippen molar-refractivity contribution < 1.29 is 4.79 Å². The summed E-state index contributed by atoms with van der Waals surface area (Å²) in [4.78, 5) is 11.6. The van der Waals surface area contributed by atoms with Gasteiger partial charge in [0.15, 0.2) is 0 Å². The summed E-state index contributed by atoms with van der Waals surface area (Å²) >= 11 is 9.50. The van der Waals surface area contributed by atoms with Gasteiger partial charge >= 0.3 is 0 Å². The molecular formula is C12H18BrClN2O. The number of alkyl halides is 1. The molecule has 0 aliphatic rings. The summed E-state index contributed by atoms with van der Waals surface area (Å²) in [5.41, 5.74) is 1.83. The third-order valence-electron chi connectivity index (χ3n) is 2.68. The smallest absolute Gasteiger partial charge is 0.133 e. The standard InChI is InChI=1S/C12H18BrClN2O/c1-3-16-11(12(14)9(2)15-16)7-6-10(17)5-4-8-13/h3-8H2,1-2H3. The van der Waals surface area contributed by atoms with Gasteiger partial charge in [-0.3, -0.25) is 9.48 Å². The van der Waals surface area contributed by atoms with E-state index in [0.717, 1.165) is 29.7 Å². The Labute approximate surface area is 116 Å². The van der Waals surface area contributed by atoms with E-state index < -0.39 is 0 Å². The van der Waals surface area contributed by atoms with Crippen molar-refractivity contribution in [1.82, 2.24) is 9.78 Å². The number of carbonyl (C=O) groups is 1. The van der Waals surface area contributed by atoms with E-state index in [1.165, 1.54) is 0 Å². The minimum atomic E-state index is 0.294. The first kappa shape index (κ1) is 14.7. The summed E-state index contributed by atoms with van der Waals surface area (Å²) in [6, 6.07) is 0. The Morgan fingerprint density at radius 1 is 1.47 bits per heavy atom. The first-order valence-electron chi connectivity index (χ1n) is 5.89. The lowest BCUT2D eigenvalue weighted by atomic mass is 10.1. The Morgan fingerprint density at radius 3 is 2.76 bits per heavy atom. The van der Waals surface area contributed by atoms with Crippen molar-refractivity contribution in [2.45, 2.75) is 46.1 Å². The van der Waals surface area contributed by atoms with Gasteiger partial charge in [0.2, 0.25) is 0 Å². The maximum atomic E-state index is 11.6. The minimum Gasteiger partial charge on any atom is -0.300 e. The number of carbonyl (C=O) groups excluding carboxylic acids is 1. The summed E-state index contributed by atoms with van der Waals surface area (Å²) in [7, 11) is 0. The summed E-state index contributed by atoms with van der Waals surface area (Å²) < 4.78 is 1.88. The third-order valence-corrected chi connectivity index (χ3v) is 3.74. The Bertz CT molecular complexity index is 390. The van der Waals surface area contributed by atoms with Crippen molar-refractivity contribution in [1.29, 1.82) is 0 Å². The molecule has 1 rings (SSSR count). The van der Waals surface area contributed by atoms with Gasteiger partial charge in [-0.15, -0.1) is 0 Å². The van der Waals surface area contributed by atoms with E-state index in [1.807, 2.05) is 18.5 Å². The molecule has 5 heteroatoms. The van der Waals surface area contributed by atoms with Crippen LogP contribution in [0.4, 0.5) is 0 Å². The van der Waals surface area contributed by atoms with Gasteiger partial charge in [0.1, 0.15) is 5.78 Å². The van der Waals surface area contributed by atoms with Crippen LogP contribution < -0.4 is 0 Å². The number of nitrogens with zero attached hydrogens (tertiary/aromatic N) is 2. The molecule has 0 unspecified atom stereocenters. The molecule has 1 heterocycles. The second kappa shape index (κ2) is 7.17. The van der Waals surface area contributed by atoms with E-state index in [2.05, 4.69) is 21.0 Å². The largest absolute Gasteiger partial charge is 0.300 e. The number of aromatic nitrogens is 2. The quantitative estimate of drug-likeness (QED) is 0.720. The zero-order chi connectivity index (χ0) is 12.8. The molecule has 0 radical (unpaired) electrons. The van der Waals surface area contributed by atoms with Crippen LogP contribution in [0.3, 0.4) is 0 Å². The Kier molecular flexibility index (Phi) is 6.20. The fraction of sp³-hybridized carbons (Fsp3) is 0.667. The Balaban J connectivity index is 2.59. The topological polar surface area (TPSA) is 34.9 Å². The molecule has 0 saturated carbocycles. The van der Waals surface area contributed by atoms with Crippen LogP contribution in [-0.2, 0) is 17.8 Å². The van der Waals surface area contributed by atoms with E-state index in [9.17, 15) is 4.79 Å². The van der Waals surface area contributed by atoms with E-state index in [4.69, 9.17) is 11.6 Å². The van der Waals surface area contributed by atoms with Crippen molar-refractivity contribution in [3.8, 4) is 0 Å². The number of hydrogen-bond acceptors (Lipinski definition) is 2. The zero-order valence-corrected chi connectivity index (χ0v) is 12.6. The number of hydrogen-bond donors (Lipinski definition) is 0. The summed E-state index contributed by atoms with van der Waals surface area (Å²) in [6.07, 6.45) is 2.78. The molecular weight excluding hydrogens is 304 g/mol. The molecule has 0 N–H and O–H groups in total. The molecule has 0 saturated heterocycles. The van der Waals surface area contributed by atoms with E-state index in [0.29, 0.717) is 30.1 Å². The second-order valence-electron chi connectivity index (χ2n) is 3.99. The summed E-state index contributed by atoms with van der Waals surface area (Å²) in [5, 5.41) is 5.92. The van der Waals surface area contributed by atoms with Crippen LogP contribution in [0.5, 0.6) is 0 Å². The lowest BCUT2D eigenvalue weighted by Gasteiger charge is -2.04. The molecule has 0 bridgehead atoms. The highest BCUT2D eigenvalue weighted by atomic mass is 79.9. The lowest BCUT2D eigenvalue weighted by molar-refractivity contribution is -0.119. The highest BCUT2D eigenvalue weighted by molar-refractivity contribution is 9.09. The predicted octanol–water partition coefficient (Wildman–Crippen LogP) is 3.54. The van der Waals surface area contributed by atoms with Gasteiger partial charge in [-0.1, -0.05) is 27.5 Å². The molecule has 0 aromatic carbocycles. The highest BCUT2D eigenvalue weighted by Gasteiger charge is 2.13. The number of halogens is 2. The minimum absolute atomic E-state index is 0.294. The molecule has 0 fully saturated rings. The van der Waals surface area contributed by atoms with Crippen LogP contribution in [-0.4, -0.2) is 20.9 Å². The highest BCUT2D eigenvalue weighted by Crippen LogP contribution is 2.21. The molecule has 0 amide bonds. The van der Waals surface area contributed by atoms with Gasteiger partial charge in [0, 0.05) is 24.7 Å². The molecule has 17 heavy (non-hydrogen) atoms. The zero-order valence-electron chi connectivity index (χ0n) is 10.3. The Morgan fingerprint density at radius 2 is 2.18 bits per heavy atom. The average molecular weight is 322 g/mol. The predicted molar refractivity (Wildman–Crippen MR) is 74.0 cm³/mol. The van der Waals surface area contributed by atoms with Crippen molar-refractivity contribution in [3.05, 3.63) is 16.4 Å². The van der Waals surface area contributed by atoms with Crippen LogP contribution >= 0.6 is 27.5 Å². The molecule has 0 aliphatic heterocycles. The van der Waals surface area contributed by atoms with Gasteiger partial charge in [-0.25, -0.2) is 0 Å². The van der Waals surface area contributed by atoms with Gasteiger partial charge in [-0.2, -0.15) is 5.10 Å². The molecule has 3 nitrogen and oxygen atoms in total. The fourth-order valence-electron chi connectivity index (χ4n) is 1.75. The van der Waals surface area contributed by atoms with Crippen molar-refractivity contribution in [3.63, 3.8) is 0 Å². The average Bonchev–Trinajstić information content (AvgIpc) is 2.60.